The minimum atomic E-state index is -0.439. The zero-order valence-corrected chi connectivity index (χ0v) is 14.1. The smallest absolute Gasteiger partial charge is 0.238 e. The first kappa shape index (κ1) is 16.6. The predicted molar refractivity (Wildman–Crippen MR) is 97.4 cm³/mol. The average Bonchev–Trinajstić information content (AvgIpc) is 2.64. The lowest BCUT2D eigenvalue weighted by Crippen LogP contribution is -2.47. The number of likely N-dealkylation sites (tertiary alicyclic amines) is 1. The molecule has 2 aromatic carbocycles. The maximum atomic E-state index is 13.5. The van der Waals surface area contributed by atoms with Gasteiger partial charge in [-0.2, -0.15) is 0 Å². The van der Waals surface area contributed by atoms with Crippen LogP contribution in [0, 0.1) is 11.7 Å². The summed E-state index contributed by atoms with van der Waals surface area (Å²) in [6.07, 6.45) is 0.631. The van der Waals surface area contributed by atoms with Gasteiger partial charge >= 0.3 is 0 Å². The molecular formula is C20H18FN3O2. The van der Waals surface area contributed by atoms with E-state index in [2.05, 4.69) is 10.3 Å². The van der Waals surface area contributed by atoms with Gasteiger partial charge in [-0.05, 0) is 36.8 Å². The highest BCUT2D eigenvalue weighted by Crippen LogP contribution is 2.32. The fourth-order valence-corrected chi connectivity index (χ4v) is 3.48. The first-order valence-corrected chi connectivity index (χ1v) is 8.58. The van der Waals surface area contributed by atoms with Gasteiger partial charge in [0.15, 0.2) is 5.78 Å². The van der Waals surface area contributed by atoms with Crippen LogP contribution in [0.5, 0.6) is 0 Å². The Balaban J connectivity index is 1.45. The fraction of sp³-hybridized carbons (Fsp3) is 0.250. The summed E-state index contributed by atoms with van der Waals surface area (Å²) >= 11 is 0. The largest absolute Gasteiger partial charge is 0.325 e. The molecule has 132 valence electrons. The molecule has 0 aliphatic carbocycles. The molecule has 0 aromatic heterocycles. The monoisotopic (exact) mass is 351 g/mol. The summed E-state index contributed by atoms with van der Waals surface area (Å²) in [6, 6.07) is 13.4. The number of ketones is 1. The van der Waals surface area contributed by atoms with E-state index < -0.39 is 11.7 Å². The van der Waals surface area contributed by atoms with Crippen molar-refractivity contribution in [3.05, 3.63) is 59.9 Å². The molecule has 6 heteroatoms. The van der Waals surface area contributed by atoms with E-state index in [1.807, 2.05) is 35.2 Å². The molecule has 2 aliphatic rings. The highest BCUT2D eigenvalue weighted by molar-refractivity contribution is 6.18. The second kappa shape index (κ2) is 6.80. The Kier molecular flexibility index (Phi) is 4.34. The number of nitrogens with one attached hydrogen (secondary N) is 1. The topological polar surface area (TPSA) is 61.8 Å². The van der Waals surface area contributed by atoms with Gasteiger partial charge in [-0.1, -0.05) is 18.2 Å². The Bertz CT molecular complexity index is 895. The van der Waals surface area contributed by atoms with Crippen molar-refractivity contribution in [3.63, 3.8) is 0 Å². The maximum Gasteiger partial charge on any atom is 0.238 e. The number of para-hydroxylation sites is 1. The van der Waals surface area contributed by atoms with Crippen LogP contribution in [-0.4, -0.2) is 41.9 Å². The van der Waals surface area contributed by atoms with Crippen LogP contribution in [0.2, 0.25) is 0 Å². The quantitative estimate of drug-likeness (QED) is 0.924. The van der Waals surface area contributed by atoms with Crippen LogP contribution >= 0.6 is 0 Å². The number of hydrogen-bond acceptors (Lipinski definition) is 4. The van der Waals surface area contributed by atoms with Gasteiger partial charge in [0.2, 0.25) is 5.91 Å². The van der Waals surface area contributed by atoms with Crippen molar-refractivity contribution >= 4 is 28.8 Å². The number of benzene rings is 2. The lowest BCUT2D eigenvalue weighted by Gasteiger charge is -2.34. The third kappa shape index (κ3) is 3.28. The number of hydrogen-bond donors (Lipinski definition) is 1. The number of piperidine rings is 1. The second-order valence-electron chi connectivity index (χ2n) is 6.58. The van der Waals surface area contributed by atoms with Gasteiger partial charge < -0.3 is 5.32 Å². The number of Topliss-reactive ketones (excluding diaryl/α,β-unsaturated/α-hetero) is 1. The molecule has 1 unspecified atom stereocenters. The van der Waals surface area contributed by atoms with Gasteiger partial charge in [0.1, 0.15) is 5.82 Å². The molecule has 2 heterocycles. The zero-order chi connectivity index (χ0) is 18.1. The van der Waals surface area contributed by atoms with Crippen LogP contribution in [-0.2, 0) is 4.79 Å². The van der Waals surface area contributed by atoms with E-state index in [9.17, 15) is 14.0 Å². The number of nitrogens with zero attached hydrogens (tertiary/aromatic N) is 2. The predicted octanol–water partition coefficient (Wildman–Crippen LogP) is 3.06. The number of carbonyl (C=O) groups excluding carboxylic acids is 2. The van der Waals surface area contributed by atoms with Gasteiger partial charge in [-0.15, -0.1) is 0 Å². The van der Waals surface area contributed by atoms with E-state index in [1.54, 1.807) is 6.07 Å². The van der Waals surface area contributed by atoms with Gasteiger partial charge in [-0.3, -0.25) is 19.5 Å². The number of anilines is 1. The van der Waals surface area contributed by atoms with Crippen LogP contribution in [0.15, 0.2) is 53.5 Å². The molecule has 26 heavy (non-hydrogen) atoms. The van der Waals surface area contributed by atoms with E-state index >= 15 is 0 Å². The first-order valence-electron chi connectivity index (χ1n) is 8.58. The van der Waals surface area contributed by atoms with Gasteiger partial charge in [-0.25, -0.2) is 4.39 Å². The molecule has 2 aliphatic heterocycles. The van der Waals surface area contributed by atoms with Gasteiger partial charge in [0, 0.05) is 30.1 Å². The number of amides is 1. The van der Waals surface area contributed by atoms with Crippen LogP contribution < -0.4 is 5.32 Å². The van der Waals surface area contributed by atoms with E-state index in [0.29, 0.717) is 30.8 Å². The third-order valence-corrected chi connectivity index (χ3v) is 4.76. The molecule has 1 fully saturated rings. The van der Waals surface area contributed by atoms with Crippen molar-refractivity contribution < 1.29 is 14.0 Å². The Morgan fingerprint density at radius 2 is 2.04 bits per heavy atom. The number of carbonyl (C=O) groups is 2. The summed E-state index contributed by atoms with van der Waals surface area (Å²) in [5, 5.41) is 2.85. The van der Waals surface area contributed by atoms with Crippen molar-refractivity contribution in [2.75, 3.05) is 25.0 Å². The van der Waals surface area contributed by atoms with Crippen molar-refractivity contribution in [1.82, 2.24) is 4.90 Å². The number of aliphatic imine (C=N–C) groups is 1. The molecule has 1 saturated heterocycles. The Morgan fingerprint density at radius 1 is 1.23 bits per heavy atom. The van der Waals surface area contributed by atoms with E-state index in [-0.39, 0.29) is 18.2 Å². The van der Waals surface area contributed by atoms with Crippen molar-refractivity contribution in [1.29, 1.82) is 0 Å². The normalized spacial score (nSPS) is 19.3. The third-order valence-electron chi connectivity index (χ3n) is 4.76. The van der Waals surface area contributed by atoms with E-state index in [4.69, 9.17) is 0 Å². The molecule has 0 bridgehead atoms. The van der Waals surface area contributed by atoms with Crippen LogP contribution in [0.25, 0.3) is 0 Å². The molecule has 1 amide bonds. The SMILES string of the molecule is O=C(CN1CCC2=Nc3ccc(F)cc3C(=O)C2C1)Nc1ccccc1. The van der Waals surface area contributed by atoms with Gasteiger partial charge in [0.25, 0.3) is 0 Å². The number of fused-ring (bicyclic) bond motifs is 2. The molecular weight excluding hydrogens is 333 g/mol. The lowest BCUT2D eigenvalue weighted by molar-refractivity contribution is -0.117. The van der Waals surface area contributed by atoms with Crippen molar-refractivity contribution in [3.8, 4) is 0 Å². The Hall–Kier alpha value is -2.86. The summed E-state index contributed by atoms with van der Waals surface area (Å²) in [6.45, 7) is 1.30. The van der Waals surface area contributed by atoms with Crippen LogP contribution in [0.3, 0.4) is 0 Å². The van der Waals surface area contributed by atoms with Gasteiger partial charge in [0.05, 0.1) is 18.2 Å². The molecule has 5 nitrogen and oxygen atoms in total. The molecule has 1 N–H and O–H groups in total. The molecule has 4 rings (SSSR count). The minimum absolute atomic E-state index is 0.113. The number of halogens is 1. The fourth-order valence-electron chi connectivity index (χ4n) is 3.48. The summed E-state index contributed by atoms with van der Waals surface area (Å²) in [7, 11) is 0. The van der Waals surface area contributed by atoms with Crippen LogP contribution in [0.4, 0.5) is 15.8 Å². The molecule has 1 atom stereocenters. The minimum Gasteiger partial charge on any atom is -0.325 e. The highest BCUT2D eigenvalue weighted by atomic mass is 19.1. The lowest BCUT2D eigenvalue weighted by atomic mass is 9.85. The first-order chi connectivity index (χ1) is 12.6. The second-order valence-corrected chi connectivity index (χ2v) is 6.58. The summed E-state index contributed by atoms with van der Waals surface area (Å²) < 4.78 is 13.5. The standard InChI is InChI=1S/C20H18FN3O2/c21-13-6-7-17-15(10-13)20(26)16-11-24(9-8-18(16)23-17)12-19(25)22-14-4-2-1-3-5-14/h1-7,10,16H,8-9,11-12H2,(H,22,25). The summed E-state index contributed by atoms with van der Waals surface area (Å²) in [5.41, 5.74) is 2.44. The average molecular weight is 351 g/mol. The Labute approximate surface area is 150 Å². The number of rotatable bonds is 3. The summed E-state index contributed by atoms with van der Waals surface area (Å²) in [5.74, 6) is -1.07. The molecule has 0 saturated carbocycles. The van der Waals surface area contributed by atoms with E-state index in [1.165, 1.54) is 12.1 Å². The molecule has 0 spiro atoms. The van der Waals surface area contributed by atoms with Crippen LogP contribution in [0.1, 0.15) is 16.8 Å². The summed E-state index contributed by atoms with van der Waals surface area (Å²) in [4.78, 5) is 31.5. The maximum absolute atomic E-state index is 13.5. The highest BCUT2D eigenvalue weighted by Gasteiger charge is 2.36. The Morgan fingerprint density at radius 3 is 2.85 bits per heavy atom. The molecule has 0 radical (unpaired) electrons. The van der Waals surface area contributed by atoms with Crippen molar-refractivity contribution in [2.45, 2.75) is 6.42 Å². The van der Waals surface area contributed by atoms with Crippen molar-refractivity contribution in [2.24, 2.45) is 10.9 Å². The molecule has 2 aromatic rings. The van der Waals surface area contributed by atoms with E-state index in [0.717, 1.165) is 11.4 Å². The zero-order valence-electron chi connectivity index (χ0n) is 14.1.